The Kier molecular flexibility index (Phi) is 5.19. The molecule has 0 aliphatic carbocycles. The quantitative estimate of drug-likeness (QED) is 0.790. The summed E-state index contributed by atoms with van der Waals surface area (Å²) in [5, 5.41) is 9.42. The van der Waals surface area contributed by atoms with Crippen molar-refractivity contribution in [2.45, 2.75) is 26.4 Å². The zero-order valence-electron chi connectivity index (χ0n) is 10.4. The zero-order valence-corrected chi connectivity index (χ0v) is 11.3. The fraction of sp³-hybridized carbons (Fsp3) is 0.500. The van der Waals surface area contributed by atoms with Crippen LogP contribution >= 0.6 is 7.60 Å². The maximum absolute atomic E-state index is 12.5. The Morgan fingerprint density at radius 2 is 1.88 bits per heavy atom. The van der Waals surface area contributed by atoms with E-state index in [1.54, 1.807) is 45.0 Å². The van der Waals surface area contributed by atoms with Gasteiger partial charge in [0.05, 0.1) is 18.9 Å². The Labute approximate surface area is 102 Å². The summed E-state index contributed by atoms with van der Waals surface area (Å²) >= 11 is 0. The van der Waals surface area contributed by atoms with Gasteiger partial charge in [0.2, 0.25) is 0 Å². The van der Waals surface area contributed by atoms with E-state index < -0.39 is 13.3 Å². The maximum Gasteiger partial charge on any atom is 0.337 e. The molecule has 1 N–H and O–H groups in total. The highest BCUT2D eigenvalue weighted by Crippen LogP contribution is 2.60. The van der Waals surface area contributed by atoms with Crippen LogP contribution in [0.25, 0.3) is 0 Å². The molecule has 0 aliphatic rings. The van der Waals surface area contributed by atoms with E-state index in [1.165, 1.54) is 0 Å². The van der Waals surface area contributed by atoms with Crippen molar-refractivity contribution in [3.8, 4) is 5.75 Å². The van der Waals surface area contributed by atoms with E-state index in [0.717, 1.165) is 5.56 Å². The van der Waals surface area contributed by atoms with Crippen molar-refractivity contribution in [1.82, 2.24) is 0 Å². The second-order valence-electron chi connectivity index (χ2n) is 3.65. The lowest BCUT2D eigenvalue weighted by Gasteiger charge is -2.23. The number of phenols is 1. The summed E-state index contributed by atoms with van der Waals surface area (Å²) in [5.74, 6) is 0.147. The van der Waals surface area contributed by atoms with Crippen LogP contribution in [-0.2, 0) is 13.6 Å². The minimum absolute atomic E-state index is 0.147. The first-order chi connectivity index (χ1) is 8.03. The Hall–Kier alpha value is -0.830. The molecule has 0 heterocycles. The van der Waals surface area contributed by atoms with Crippen LogP contribution in [0.15, 0.2) is 24.3 Å². The molecule has 1 unspecified atom stereocenters. The Bertz CT molecular complexity index is 395. The molecule has 4 nitrogen and oxygen atoms in total. The molecule has 0 amide bonds. The lowest BCUT2D eigenvalue weighted by molar-refractivity contribution is 0.213. The highest BCUT2D eigenvalue weighted by Gasteiger charge is 2.33. The molecule has 1 rings (SSSR count). The molecule has 0 saturated carbocycles. The van der Waals surface area contributed by atoms with Crippen molar-refractivity contribution in [2.75, 3.05) is 13.2 Å². The third kappa shape index (κ3) is 3.56. The molecular formula is C12H19O4P. The van der Waals surface area contributed by atoms with Crippen LogP contribution in [0.2, 0.25) is 0 Å². The first kappa shape index (κ1) is 14.2. The van der Waals surface area contributed by atoms with Crippen molar-refractivity contribution in [3.63, 3.8) is 0 Å². The average Bonchev–Trinajstić information content (AvgIpc) is 2.28. The Morgan fingerprint density at radius 1 is 1.29 bits per heavy atom. The number of hydrogen-bond donors (Lipinski definition) is 1. The molecule has 1 atom stereocenters. The number of aromatic hydroxyl groups is 1. The van der Waals surface area contributed by atoms with E-state index >= 15 is 0 Å². The molecule has 0 saturated heterocycles. The van der Waals surface area contributed by atoms with Crippen LogP contribution < -0.4 is 0 Å². The predicted molar refractivity (Wildman–Crippen MR) is 67.4 cm³/mol. The van der Waals surface area contributed by atoms with Crippen LogP contribution in [0.3, 0.4) is 0 Å². The van der Waals surface area contributed by atoms with Crippen molar-refractivity contribution >= 4 is 7.60 Å². The highest BCUT2D eigenvalue weighted by atomic mass is 31.2. The summed E-state index contributed by atoms with van der Waals surface area (Å²) in [7, 11) is -3.16. The van der Waals surface area contributed by atoms with Gasteiger partial charge in [-0.3, -0.25) is 4.57 Å². The van der Waals surface area contributed by atoms with E-state index in [9.17, 15) is 9.67 Å². The number of hydrogen-bond acceptors (Lipinski definition) is 4. The van der Waals surface area contributed by atoms with Crippen LogP contribution in [-0.4, -0.2) is 18.3 Å². The van der Waals surface area contributed by atoms with Crippen LogP contribution in [0.1, 0.15) is 32.0 Å². The molecule has 0 aliphatic heterocycles. The molecule has 17 heavy (non-hydrogen) atoms. The number of rotatable bonds is 6. The fourth-order valence-electron chi connectivity index (χ4n) is 1.59. The topological polar surface area (TPSA) is 55.8 Å². The lowest BCUT2D eigenvalue weighted by atomic mass is 10.1. The van der Waals surface area contributed by atoms with Crippen LogP contribution in [0.5, 0.6) is 5.75 Å². The molecule has 1 aromatic rings. The molecule has 0 radical (unpaired) electrons. The van der Waals surface area contributed by atoms with E-state index in [1.807, 2.05) is 0 Å². The third-order valence-corrected chi connectivity index (χ3v) is 4.93. The van der Waals surface area contributed by atoms with Gasteiger partial charge in [0.25, 0.3) is 0 Å². The maximum atomic E-state index is 12.5. The van der Waals surface area contributed by atoms with Crippen molar-refractivity contribution < 1.29 is 18.7 Å². The van der Waals surface area contributed by atoms with E-state index in [-0.39, 0.29) is 5.75 Å². The summed E-state index contributed by atoms with van der Waals surface area (Å²) in [6.45, 7) is 6.00. The summed E-state index contributed by atoms with van der Waals surface area (Å²) in [6.07, 6.45) is 0. The Balaban J connectivity index is 2.99. The minimum Gasteiger partial charge on any atom is -0.508 e. The Morgan fingerprint density at radius 3 is 2.35 bits per heavy atom. The van der Waals surface area contributed by atoms with Gasteiger partial charge in [-0.25, -0.2) is 0 Å². The molecular weight excluding hydrogens is 239 g/mol. The standard InChI is InChI=1S/C12H19O4P/c1-4-15-17(14,16-5-2)10(3)11-7-6-8-12(13)9-11/h6-10,13H,4-5H2,1-3H3. The van der Waals surface area contributed by atoms with E-state index in [0.29, 0.717) is 13.2 Å². The molecule has 0 bridgehead atoms. The smallest absolute Gasteiger partial charge is 0.337 e. The minimum atomic E-state index is -3.16. The first-order valence-corrected chi connectivity index (χ1v) is 7.32. The number of benzene rings is 1. The molecule has 0 aromatic heterocycles. The predicted octanol–water partition coefficient (Wildman–Crippen LogP) is 3.72. The molecule has 1 aromatic carbocycles. The summed E-state index contributed by atoms with van der Waals surface area (Å²) in [4.78, 5) is 0. The van der Waals surface area contributed by atoms with Crippen molar-refractivity contribution in [3.05, 3.63) is 29.8 Å². The van der Waals surface area contributed by atoms with Gasteiger partial charge in [-0.2, -0.15) is 0 Å². The highest BCUT2D eigenvalue weighted by molar-refractivity contribution is 7.54. The molecule has 0 fully saturated rings. The normalized spacial score (nSPS) is 13.6. The largest absolute Gasteiger partial charge is 0.508 e. The van der Waals surface area contributed by atoms with Gasteiger partial charge in [-0.05, 0) is 38.5 Å². The van der Waals surface area contributed by atoms with Crippen molar-refractivity contribution in [2.24, 2.45) is 0 Å². The van der Waals surface area contributed by atoms with Crippen LogP contribution in [0.4, 0.5) is 0 Å². The molecule has 0 spiro atoms. The first-order valence-electron chi connectivity index (χ1n) is 5.71. The van der Waals surface area contributed by atoms with Gasteiger partial charge >= 0.3 is 7.60 Å². The van der Waals surface area contributed by atoms with Gasteiger partial charge in [0.15, 0.2) is 0 Å². The SMILES string of the molecule is CCOP(=O)(OCC)C(C)c1cccc(O)c1. The van der Waals surface area contributed by atoms with Crippen LogP contribution in [0, 0.1) is 0 Å². The summed E-state index contributed by atoms with van der Waals surface area (Å²) in [5.41, 5.74) is 0.352. The van der Waals surface area contributed by atoms with E-state index in [2.05, 4.69) is 0 Å². The molecule has 5 heteroatoms. The monoisotopic (exact) mass is 258 g/mol. The summed E-state index contributed by atoms with van der Waals surface area (Å²) < 4.78 is 23.1. The number of phenolic OH excluding ortho intramolecular Hbond substituents is 1. The van der Waals surface area contributed by atoms with Gasteiger partial charge in [-0.15, -0.1) is 0 Å². The lowest BCUT2D eigenvalue weighted by Crippen LogP contribution is -2.03. The average molecular weight is 258 g/mol. The van der Waals surface area contributed by atoms with E-state index in [4.69, 9.17) is 9.05 Å². The van der Waals surface area contributed by atoms with Gasteiger partial charge in [-0.1, -0.05) is 12.1 Å². The second kappa shape index (κ2) is 6.20. The fourth-order valence-corrected chi connectivity index (χ4v) is 3.36. The summed E-state index contributed by atoms with van der Waals surface area (Å²) in [6, 6.07) is 6.66. The van der Waals surface area contributed by atoms with Gasteiger partial charge < -0.3 is 14.2 Å². The van der Waals surface area contributed by atoms with Gasteiger partial charge in [0, 0.05) is 0 Å². The zero-order chi connectivity index (χ0) is 12.9. The molecule has 96 valence electrons. The third-order valence-electron chi connectivity index (χ3n) is 2.45. The van der Waals surface area contributed by atoms with Crippen molar-refractivity contribution in [1.29, 1.82) is 0 Å². The second-order valence-corrected chi connectivity index (χ2v) is 6.02. The van der Waals surface area contributed by atoms with Gasteiger partial charge in [0.1, 0.15) is 5.75 Å².